The Morgan fingerprint density at radius 2 is 1.84 bits per heavy atom. The molecule has 13 heteroatoms. The van der Waals surface area contributed by atoms with Gasteiger partial charge in [0.15, 0.2) is 5.16 Å². The van der Waals surface area contributed by atoms with Crippen LogP contribution in [0.5, 0.6) is 0 Å². The van der Waals surface area contributed by atoms with Gasteiger partial charge in [0.25, 0.3) is 0 Å². The quantitative estimate of drug-likeness (QED) is 0.421. The lowest BCUT2D eigenvalue weighted by atomic mass is 10.2. The van der Waals surface area contributed by atoms with Gasteiger partial charge in [-0.25, -0.2) is 8.42 Å². The van der Waals surface area contributed by atoms with Crippen LogP contribution in [0.4, 0.5) is 11.6 Å². The van der Waals surface area contributed by atoms with E-state index >= 15 is 0 Å². The molecule has 174 valence electrons. The third-order valence-electron chi connectivity index (χ3n) is 5.08. The second-order valence-electron chi connectivity index (χ2n) is 7.23. The van der Waals surface area contributed by atoms with Crippen molar-refractivity contribution in [1.29, 1.82) is 0 Å². The molecule has 1 amide bonds. The second-order valence-corrected chi connectivity index (χ2v) is 10.1. The fraction of sp³-hybridized carbons (Fsp3) is 0.474. The summed E-state index contributed by atoms with van der Waals surface area (Å²) in [5, 5.41) is 10.7. The number of nitrogens with zero attached hydrogens (tertiary/aromatic N) is 4. The van der Waals surface area contributed by atoms with Crippen LogP contribution in [0.25, 0.3) is 0 Å². The zero-order valence-corrected chi connectivity index (χ0v) is 19.5. The average molecular weight is 483 g/mol. The van der Waals surface area contributed by atoms with Crippen LogP contribution in [0.3, 0.4) is 0 Å². The van der Waals surface area contributed by atoms with Gasteiger partial charge in [-0.1, -0.05) is 18.2 Å². The van der Waals surface area contributed by atoms with Crippen molar-refractivity contribution < 1.29 is 22.7 Å². The Morgan fingerprint density at radius 3 is 2.47 bits per heavy atom. The molecule has 2 aromatic rings. The number of piperidine rings is 1. The number of nitrogens with two attached hydrogens (primary N) is 1. The third kappa shape index (κ3) is 5.40. The molecule has 1 aliphatic heterocycles. The van der Waals surface area contributed by atoms with E-state index in [2.05, 4.69) is 20.3 Å². The third-order valence-corrected chi connectivity index (χ3v) is 7.91. The maximum Gasteiger partial charge on any atom is 0.316 e. The van der Waals surface area contributed by atoms with Crippen LogP contribution < -0.4 is 11.1 Å². The normalized spacial score (nSPS) is 15.8. The number of amides is 1. The number of sulfonamides is 1. The van der Waals surface area contributed by atoms with Crippen molar-refractivity contribution in [3.8, 4) is 0 Å². The van der Waals surface area contributed by atoms with Gasteiger partial charge in [-0.05, 0) is 44.0 Å². The summed E-state index contributed by atoms with van der Waals surface area (Å²) in [4.78, 5) is 24.3. The molecule has 0 spiro atoms. The van der Waals surface area contributed by atoms with Gasteiger partial charge in [-0.2, -0.15) is 4.31 Å². The van der Waals surface area contributed by atoms with Crippen molar-refractivity contribution in [3.05, 3.63) is 24.3 Å². The van der Waals surface area contributed by atoms with Crippen molar-refractivity contribution >= 4 is 45.3 Å². The van der Waals surface area contributed by atoms with Crippen molar-refractivity contribution in [2.75, 3.05) is 37.0 Å². The first kappa shape index (κ1) is 24.0. The zero-order valence-electron chi connectivity index (χ0n) is 17.9. The number of ether oxygens (including phenoxy) is 1. The Morgan fingerprint density at radius 1 is 1.19 bits per heavy atom. The van der Waals surface area contributed by atoms with Crippen molar-refractivity contribution in [3.63, 3.8) is 0 Å². The topological polar surface area (TPSA) is 150 Å². The van der Waals surface area contributed by atoms with Gasteiger partial charge in [0.1, 0.15) is 6.04 Å². The summed E-state index contributed by atoms with van der Waals surface area (Å²) >= 11 is 1.05. The van der Waals surface area contributed by atoms with Crippen molar-refractivity contribution in [2.45, 2.75) is 42.3 Å². The van der Waals surface area contributed by atoms with Crippen LogP contribution in [0.15, 0.2) is 34.3 Å². The van der Waals surface area contributed by atoms with E-state index in [1.54, 1.807) is 19.1 Å². The summed E-state index contributed by atoms with van der Waals surface area (Å²) in [5.41, 5.74) is 6.30. The molecule has 1 fully saturated rings. The number of benzene rings is 1. The van der Waals surface area contributed by atoms with Gasteiger partial charge in [0.2, 0.25) is 21.9 Å². The van der Waals surface area contributed by atoms with E-state index in [9.17, 15) is 18.0 Å². The van der Waals surface area contributed by atoms with Gasteiger partial charge in [-0.15, -0.1) is 10.2 Å². The first-order valence-electron chi connectivity index (χ1n) is 10.0. The minimum atomic E-state index is -3.54. The largest absolute Gasteiger partial charge is 0.468 e. The second kappa shape index (κ2) is 10.3. The van der Waals surface area contributed by atoms with E-state index in [0.29, 0.717) is 23.9 Å². The van der Waals surface area contributed by atoms with E-state index in [1.807, 2.05) is 0 Å². The zero-order chi connectivity index (χ0) is 23.3. The van der Waals surface area contributed by atoms with E-state index in [0.717, 1.165) is 31.0 Å². The monoisotopic (exact) mass is 482 g/mol. The number of aromatic nitrogens is 3. The predicted octanol–water partition coefficient (Wildman–Crippen LogP) is 1.50. The maximum absolute atomic E-state index is 12.8. The molecule has 1 aromatic carbocycles. The molecule has 32 heavy (non-hydrogen) atoms. The molecule has 1 saturated heterocycles. The predicted molar refractivity (Wildman–Crippen MR) is 120 cm³/mol. The molecule has 1 atom stereocenters. The Kier molecular flexibility index (Phi) is 7.74. The van der Waals surface area contributed by atoms with Crippen LogP contribution in [0, 0.1) is 0 Å². The lowest BCUT2D eigenvalue weighted by Crippen LogP contribution is -2.35. The van der Waals surface area contributed by atoms with Crippen LogP contribution in [0.2, 0.25) is 0 Å². The lowest BCUT2D eigenvalue weighted by Gasteiger charge is -2.25. The minimum Gasteiger partial charge on any atom is -0.468 e. The van der Waals surface area contributed by atoms with E-state index in [-0.39, 0.29) is 16.6 Å². The molecule has 11 nitrogen and oxygen atoms in total. The fourth-order valence-corrected chi connectivity index (χ4v) is 5.63. The van der Waals surface area contributed by atoms with Crippen molar-refractivity contribution in [2.24, 2.45) is 0 Å². The highest BCUT2D eigenvalue weighted by Gasteiger charge is 2.26. The number of anilines is 2. The van der Waals surface area contributed by atoms with Gasteiger partial charge >= 0.3 is 5.97 Å². The molecular weight excluding hydrogens is 456 g/mol. The number of carbonyl (C=O) groups excluding carboxylic acids is 2. The summed E-state index contributed by atoms with van der Waals surface area (Å²) in [5.74, 6) is -0.818. The van der Waals surface area contributed by atoms with Gasteiger partial charge < -0.3 is 15.8 Å². The van der Waals surface area contributed by atoms with Crippen LogP contribution in [0.1, 0.15) is 32.2 Å². The summed E-state index contributed by atoms with van der Waals surface area (Å²) < 4.78 is 33.0. The average Bonchev–Trinajstić information content (AvgIpc) is 3.17. The van der Waals surface area contributed by atoms with E-state index in [1.165, 1.54) is 28.1 Å². The van der Waals surface area contributed by atoms with Crippen molar-refractivity contribution in [1.82, 2.24) is 19.1 Å². The molecule has 0 radical (unpaired) electrons. The van der Waals surface area contributed by atoms with Gasteiger partial charge in [0, 0.05) is 18.8 Å². The van der Waals surface area contributed by atoms with Crippen LogP contribution >= 0.6 is 11.8 Å². The molecule has 0 aliphatic carbocycles. The number of esters is 1. The number of hydrogen-bond acceptors (Lipinski definition) is 9. The molecule has 2 heterocycles. The molecule has 0 saturated carbocycles. The molecule has 1 aromatic heterocycles. The van der Waals surface area contributed by atoms with E-state index < -0.39 is 27.9 Å². The Bertz CT molecular complexity index is 1060. The highest BCUT2D eigenvalue weighted by Crippen LogP contribution is 2.25. The summed E-state index contributed by atoms with van der Waals surface area (Å²) in [6.07, 6.45) is 2.75. The summed E-state index contributed by atoms with van der Waals surface area (Å²) in [6, 6.07) is 5.28. The standard InChI is InChI=1S/C19H26N6O5S2/c1-13(25-18(20)22-23-19(25)31-12-16(26)30-2)17(27)21-14-6-8-15(9-7-14)32(28,29)24-10-4-3-5-11-24/h6-9,13H,3-5,10-12H2,1-2H3,(H2,20,22)(H,21,27). The summed E-state index contributed by atoms with van der Waals surface area (Å²) in [6.45, 7) is 2.66. The Labute approximate surface area is 190 Å². The van der Waals surface area contributed by atoms with Gasteiger partial charge in [0.05, 0.1) is 17.8 Å². The minimum absolute atomic E-state index is 0.00404. The first-order chi connectivity index (χ1) is 15.2. The number of thioether (sulfide) groups is 1. The SMILES string of the molecule is COC(=O)CSc1nnc(N)n1C(C)C(=O)Nc1ccc(S(=O)(=O)N2CCCCC2)cc1. The number of hydrogen-bond donors (Lipinski definition) is 2. The fourth-order valence-electron chi connectivity index (χ4n) is 3.26. The lowest BCUT2D eigenvalue weighted by molar-refractivity contribution is -0.137. The number of rotatable bonds is 8. The molecule has 3 rings (SSSR count). The number of methoxy groups -OCH3 is 1. The molecule has 1 aliphatic rings. The highest BCUT2D eigenvalue weighted by atomic mass is 32.2. The molecular formula is C19H26N6O5S2. The smallest absolute Gasteiger partial charge is 0.316 e. The maximum atomic E-state index is 12.8. The molecule has 1 unspecified atom stereocenters. The van der Waals surface area contributed by atoms with Crippen LogP contribution in [-0.2, 0) is 24.3 Å². The number of nitrogens with one attached hydrogen (secondary N) is 1. The highest BCUT2D eigenvalue weighted by molar-refractivity contribution is 7.99. The number of carbonyl (C=O) groups is 2. The van der Waals surface area contributed by atoms with Gasteiger partial charge in [-0.3, -0.25) is 14.2 Å². The number of nitrogen functional groups attached to an aromatic ring is 1. The Balaban J connectivity index is 1.68. The van der Waals surface area contributed by atoms with Crippen LogP contribution in [-0.4, -0.2) is 65.3 Å². The Hall–Kier alpha value is -2.64. The summed E-state index contributed by atoms with van der Waals surface area (Å²) in [7, 11) is -2.26. The molecule has 3 N–H and O–H groups in total. The van der Waals surface area contributed by atoms with E-state index in [4.69, 9.17) is 5.73 Å². The molecule has 0 bridgehead atoms. The first-order valence-corrected chi connectivity index (χ1v) is 12.5.